The summed E-state index contributed by atoms with van der Waals surface area (Å²) in [5.74, 6) is 0.974. The summed E-state index contributed by atoms with van der Waals surface area (Å²) < 4.78 is 9.92. The molecule has 2 rings (SSSR count). The summed E-state index contributed by atoms with van der Waals surface area (Å²) >= 11 is 1.51. The lowest BCUT2D eigenvalue weighted by Gasteiger charge is -2.34. The zero-order valence-electron chi connectivity index (χ0n) is 10.5. The first kappa shape index (κ1) is 12.7. The van der Waals surface area contributed by atoms with Crippen molar-refractivity contribution >= 4 is 16.7 Å². The lowest BCUT2D eigenvalue weighted by Crippen LogP contribution is -2.50. The van der Waals surface area contributed by atoms with Gasteiger partial charge in [0.25, 0.3) is 0 Å². The number of hydrogen-bond acceptors (Lipinski definition) is 6. The highest BCUT2D eigenvalue weighted by Crippen LogP contribution is 2.22. The molecule has 1 aromatic heterocycles. The summed E-state index contributed by atoms with van der Waals surface area (Å²) in [6.45, 7) is 5.53. The largest absolute Gasteiger partial charge is 0.377 e. The van der Waals surface area contributed by atoms with Crippen molar-refractivity contribution in [3.05, 3.63) is 5.82 Å². The number of nitrogens with one attached hydrogen (secondary N) is 1. The van der Waals surface area contributed by atoms with E-state index in [1.165, 1.54) is 11.5 Å². The van der Waals surface area contributed by atoms with Crippen LogP contribution >= 0.6 is 11.5 Å². The van der Waals surface area contributed by atoms with Crippen LogP contribution in [0.5, 0.6) is 0 Å². The van der Waals surface area contributed by atoms with Crippen LogP contribution in [0.25, 0.3) is 0 Å². The molecule has 1 N–H and O–H groups in total. The Balaban J connectivity index is 2.06. The Morgan fingerprint density at radius 2 is 2.47 bits per heavy atom. The molecule has 96 valence electrons. The Morgan fingerprint density at radius 1 is 1.59 bits per heavy atom. The van der Waals surface area contributed by atoms with Crippen molar-refractivity contribution in [3.8, 4) is 0 Å². The van der Waals surface area contributed by atoms with Crippen LogP contribution in [0.15, 0.2) is 0 Å². The highest BCUT2D eigenvalue weighted by atomic mass is 32.1. The fourth-order valence-electron chi connectivity index (χ4n) is 2.00. The summed E-state index contributed by atoms with van der Waals surface area (Å²) in [4.78, 5) is 6.92. The van der Waals surface area contributed by atoms with Crippen LogP contribution in [-0.2, 0) is 11.2 Å². The van der Waals surface area contributed by atoms with E-state index in [0.29, 0.717) is 6.04 Å². The van der Waals surface area contributed by atoms with Crippen LogP contribution < -0.4 is 10.2 Å². The summed E-state index contributed by atoms with van der Waals surface area (Å²) in [6, 6.07) is 0.371. The Labute approximate surface area is 106 Å². The standard InChI is InChI=1S/C11H20N4OS/c1-3-4-10-13-11(17-14-10)15-5-6-16-8-9(15)7-12-2/h9,12H,3-8H2,1-2H3. The van der Waals surface area contributed by atoms with Crippen molar-refractivity contribution in [1.29, 1.82) is 0 Å². The van der Waals surface area contributed by atoms with Gasteiger partial charge in [0.2, 0.25) is 5.13 Å². The van der Waals surface area contributed by atoms with Crippen molar-refractivity contribution in [1.82, 2.24) is 14.7 Å². The molecule has 0 aromatic carbocycles. The van der Waals surface area contributed by atoms with E-state index < -0.39 is 0 Å². The molecule has 6 heteroatoms. The molecule has 17 heavy (non-hydrogen) atoms. The third-order valence-corrected chi connectivity index (χ3v) is 3.64. The average Bonchev–Trinajstić information content (AvgIpc) is 2.79. The maximum absolute atomic E-state index is 5.52. The molecule has 0 saturated carbocycles. The second-order valence-corrected chi connectivity index (χ2v) is 4.95. The van der Waals surface area contributed by atoms with Crippen LogP contribution in [0.4, 0.5) is 5.13 Å². The summed E-state index contributed by atoms with van der Waals surface area (Å²) in [5, 5.41) is 4.24. The van der Waals surface area contributed by atoms with E-state index in [1.807, 2.05) is 7.05 Å². The predicted octanol–water partition coefficient (Wildman–Crippen LogP) is 0.915. The van der Waals surface area contributed by atoms with Gasteiger partial charge >= 0.3 is 0 Å². The number of morpholine rings is 1. The molecule has 0 amide bonds. The molecular weight excluding hydrogens is 236 g/mol. The van der Waals surface area contributed by atoms with Crippen molar-refractivity contribution in [2.24, 2.45) is 0 Å². The fraction of sp³-hybridized carbons (Fsp3) is 0.818. The van der Waals surface area contributed by atoms with E-state index in [9.17, 15) is 0 Å². The molecule has 0 spiro atoms. The smallest absolute Gasteiger partial charge is 0.205 e. The van der Waals surface area contributed by atoms with E-state index in [0.717, 1.165) is 50.1 Å². The van der Waals surface area contributed by atoms with Crippen molar-refractivity contribution in [3.63, 3.8) is 0 Å². The molecule has 1 atom stereocenters. The SMILES string of the molecule is CCCc1nsc(N2CCOCC2CNC)n1. The molecule has 1 aromatic rings. The molecule has 0 aliphatic carbocycles. The Morgan fingerprint density at radius 3 is 3.24 bits per heavy atom. The van der Waals surface area contributed by atoms with Crippen LogP contribution in [0, 0.1) is 0 Å². The topological polar surface area (TPSA) is 50.3 Å². The van der Waals surface area contributed by atoms with Gasteiger partial charge in [0.05, 0.1) is 19.3 Å². The second-order valence-electron chi connectivity index (χ2n) is 4.22. The first-order chi connectivity index (χ1) is 8.35. The molecular formula is C11H20N4OS. The first-order valence-corrected chi connectivity index (χ1v) is 6.94. The first-order valence-electron chi connectivity index (χ1n) is 6.16. The molecule has 0 bridgehead atoms. The van der Waals surface area contributed by atoms with Gasteiger partial charge in [0, 0.05) is 31.0 Å². The molecule has 1 saturated heterocycles. The molecule has 1 unspecified atom stereocenters. The number of aryl methyl sites for hydroxylation is 1. The number of nitrogens with zero attached hydrogens (tertiary/aromatic N) is 3. The number of anilines is 1. The Kier molecular flexibility index (Phi) is 4.70. The van der Waals surface area contributed by atoms with Gasteiger partial charge in [-0.2, -0.15) is 4.37 Å². The van der Waals surface area contributed by atoms with Gasteiger partial charge < -0.3 is 15.0 Å². The zero-order chi connectivity index (χ0) is 12.1. The van der Waals surface area contributed by atoms with Crippen molar-refractivity contribution < 1.29 is 4.74 Å². The summed E-state index contributed by atoms with van der Waals surface area (Å²) in [6.07, 6.45) is 2.07. The van der Waals surface area contributed by atoms with Gasteiger partial charge in [-0.05, 0) is 13.5 Å². The van der Waals surface area contributed by atoms with Gasteiger partial charge in [-0.3, -0.25) is 0 Å². The van der Waals surface area contributed by atoms with E-state index in [-0.39, 0.29) is 0 Å². The van der Waals surface area contributed by atoms with E-state index in [4.69, 9.17) is 4.74 Å². The number of ether oxygens (including phenoxy) is 1. The minimum atomic E-state index is 0.371. The molecule has 0 radical (unpaired) electrons. The van der Waals surface area contributed by atoms with E-state index in [1.54, 1.807) is 0 Å². The fourth-order valence-corrected chi connectivity index (χ4v) is 2.81. The Hall–Kier alpha value is -0.720. The van der Waals surface area contributed by atoms with Gasteiger partial charge in [-0.25, -0.2) is 4.98 Å². The van der Waals surface area contributed by atoms with E-state index in [2.05, 4.69) is 26.5 Å². The summed E-state index contributed by atoms with van der Waals surface area (Å²) in [5.41, 5.74) is 0. The third-order valence-electron chi connectivity index (χ3n) is 2.84. The monoisotopic (exact) mass is 256 g/mol. The van der Waals surface area contributed by atoms with Gasteiger partial charge in [-0.1, -0.05) is 6.92 Å². The lowest BCUT2D eigenvalue weighted by atomic mass is 10.2. The predicted molar refractivity (Wildman–Crippen MR) is 69.8 cm³/mol. The number of hydrogen-bond donors (Lipinski definition) is 1. The molecule has 5 nitrogen and oxygen atoms in total. The maximum Gasteiger partial charge on any atom is 0.205 e. The normalized spacial score (nSPS) is 20.8. The molecule has 1 aliphatic rings. The second kappa shape index (κ2) is 6.28. The molecule has 2 heterocycles. The number of likely N-dealkylation sites (N-methyl/N-ethyl adjacent to an activating group) is 1. The quantitative estimate of drug-likeness (QED) is 0.849. The van der Waals surface area contributed by atoms with Gasteiger partial charge in [0.15, 0.2) is 0 Å². The molecule has 1 fully saturated rings. The van der Waals surface area contributed by atoms with Crippen LogP contribution in [0.3, 0.4) is 0 Å². The number of aromatic nitrogens is 2. The maximum atomic E-state index is 5.52. The van der Waals surface area contributed by atoms with E-state index >= 15 is 0 Å². The van der Waals surface area contributed by atoms with Crippen molar-refractivity contribution in [2.45, 2.75) is 25.8 Å². The van der Waals surface area contributed by atoms with Crippen molar-refractivity contribution in [2.75, 3.05) is 38.3 Å². The molecule has 1 aliphatic heterocycles. The van der Waals surface area contributed by atoms with Gasteiger partial charge in [-0.15, -0.1) is 0 Å². The van der Waals surface area contributed by atoms with Crippen LogP contribution in [-0.4, -0.2) is 48.8 Å². The third kappa shape index (κ3) is 3.14. The van der Waals surface area contributed by atoms with Gasteiger partial charge in [0.1, 0.15) is 5.82 Å². The average molecular weight is 256 g/mol. The highest BCUT2D eigenvalue weighted by Gasteiger charge is 2.25. The lowest BCUT2D eigenvalue weighted by molar-refractivity contribution is 0.0943. The van der Waals surface area contributed by atoms with Crippen LogP contribution in [0.2, 0.25) is 0 Å². The Bertz CT molecular complexity index is 342. The minimum Gasteiger partial charge on any atom is -0.377 e. The zero-order valence-corrected chi connectivity index (χ0v) is 11.3. The number of rotatable bonds is 5. The van der Waals surface area contributed by atoms with Crippen LogP contribution in [0.1, 0.15) is 19.2 Å². The summed E-state index contributed by atoms with van der Waals surface area (Å²) in [7, 11) is 1.97. The highest BCUT2D eigenvalue weighted by molar-refractivity contribution is 7.09. The minimum absolute atomic E-state index is 0.371.